The van der Waals surface area contributed by atoms with E-state index in [1.807, 2.05) is 66.5 Å². The van der Waals surface area contributed by atoms with Crippen molar-refractivity contribution in [1.29, 1.82) is 0 Å². The van der Waals surface area contributed by atoms with Gasteiger partial charge in [-0.1, -0.05) is 127 Å². The highest BCUT2D eigenvalue weighted by Crippen LogP contribution is 2.51. The van der Waals surface area contributed by atoms with Crippen LogP contribution in [-0.4, -0.2) is 59.4 Å². The predicted octanol–water partition coefficient (Wildman–Crippen LogP) is 8.16. The van der Waals surface area contributed by atoms with E-state index < -0.39 is 22.7 Å². The molecule has 0 bridgehead atoms. The van der Waals surface area contributed by atoms with Crippen molar-refractivity contribution in [1.82, 2.24) is 10.6 Å². The number of hydrogen-bond acceptors (Lipinski definition) is 6. The summed E-state index contributed by atoms with van der Waals surface area (Å²) in [7, 11) is 0. The first-order valence-electron chi connectivity index (χ1n) is 17.0. The molecule has 1 fully saturated rings. The Labute approximate surface area is 303 Å². The minimum absolute atomic E-state index is 0.157. The average molecular weight is 702 g/mol. The fourth-order valence-electron chi connectivity index (χ4n) is 6.71. The minimum Gasteiger partial charge on any atom is -0.480 e. The molecule has 4 N–H and O–H groups in total. The van der Waals surface area contributed by atoms with Gasteiger partial charge in [0.25, 0.3) is 5.91 Å². The largest absolute Gasteiger partial charge is 0.480 e. The molecular weight excluding hydrogens is 659 g/mol. The van der Waals surface area contributed by atoms with Crippen LogP contribution in [0.15, 0.2) is 140 Å². The Morgan fingerprint density at radius 2 is 1.38 bits per heavy atom. The van der Waals surface area contributed by atoms with Crippen molar-refractivity contribution in [3.63, 3.8) is 0 Å². The van der Waals surface area contributed by atoms with Crippen LogP contribution in [0, 0.1) is 0 Å². The Kier molecular flexibility index (Phi) is 12.0. The van der Waals surface area contributed by atoms with Crippen LogP contribution in [0.25, 0.3) is 11.1 Å². The second-order valence-corrected chi connectivity index (χ2v) is 14.9. The molecule has 256 valence electrons. The van der Waals surface area contributed by atoms with E-state index in [0.29, 0.717) is 24.3 Å². The summed E-state index contributed by atoms with van der Waals surface area (Å²) in [6.07, 6.45) is 3.29. The molecule has 1 aliphatic rings. The summed E-state index contributed by atoms with van der Waals surface area (Å²) in [5.74, 6) is -0.791. The summed E-state index contributed by atoms with van der Waals surface area (Å²) >= 11 is 3.56. The zero-order valence-corrected chi connectivity index (χ0v) is 29.8. The monoisotopic (exact) mass is 701 g/mol. The number of carbonyl (C=O) groups excluding carboxylic acids is 1. The first-order chi connectivity index (χ1) is 24.5. The molecule has 0 radical (unpaired) electrons. The SMILES string of the molecule is CSCC[C@H](NC(=O)c1cc(NCC2NCCC2SC(c2ccccc2)(c2ccccc2)c2ccccc2)ccc1-c1ccccc1)C(=O)O. The van der Waals surface area contributed by atoms with Gasteiger partial charge in [0.05, 0.1) is 4.75 Å². The van der Waals surface area contributed by atoms with E-state index >= 15 is 0 Å². The molecule has 5 aromatic carbocycles. The molecule has 1 aliphatic heterocycles. The van der Waals surface area contributed by atoms with Crippen LogP contribution in [-0.2, 0) is 9.54 Å². The van der Waals surface area contributed by atoms with Crippen molar-refractivity contribution in [3.8, 4) is 11.1 Å². The molecule has 0 spiro atoms. The summed E-state index contributed by atoms with van der Waals surface area (Å²) < 4.78 is -0.418. The van der Waals surface area contributed by atoms with Gasteiger partial charge in [0, 0.05) is 29.1 Å². The number of aliphatic carboxylic acids is 1. The van der Waals surface area contributed by atoms with Gasteiger partial charge in [0.2, 0.25) is 0 Å². The quantitative estimate of drug-likeness (QED) is 0.0820. The van der Waals surface area contributed by atoms with E-state index in [1.54, 1.807) is 11.8 Å². The van der Waals surface area contributed by atoms with E-state index in [9.17, 15) is 14.7 Å². The maximum absolute atomic E-state index is 13.7. The standard InChI is InChI=1S/C42H43N3O3S2/c1-49-27-25-37(41(47)48)45-40(46)36-28-34(22-23-35(36)30-14-6-2-7-15-30)44-29-38-39(24-26-43-38)50-42(31-16-8-3-9-17-31,32-18-10-4-11-19-32)33-20-12-5-13-21-33/h2-23,28,37-39,43-44H,24-27,29H2,1H3,(H,45,46)(H,47,48)/t37-,38?,39?/m0/s1. The summed E-state index contributed by atoms with van der Waals surface area (Å²) in [4.78, 5) is 25.7. The minimum atomic E-state index is -1.03. The number of hydrogen-bond donors (Lipinski definition) is 4. The molecule has 2 unspecified atom stereocenters. The lowest BCUT2D eigenvalue weighted by Gasteiger charge is -2.38. The summed E-state index contributed by atoms with van der Waals surface area (Å²) in [6, 6.07) is 47.1. The number of thioether (sulfide) groups is 2. The molecule has 50 heavy (non-hydrogen) atoms. The van der Waals surface area contributed by atoms with Gasteiger partial charge in [-0.05, 0) is 71.3 Å². The number of nitrogens with one attached hydrogen (secondary N) is 3. The van der Waals surface area contributed by atoms with Gasteiger partial charge in [0.15, 0.2) is 0 Å². The zero-order chi connectivity index (χ0) is 34.8. The molecule has 8 heteroatoms. The van der Waals surface area contributed by atoms with Crippen molar-refractivity contribution in [2.45, 2.75) is 34.9 Å². The number of anilines is 1. The third kappa shape index (κ3) is 8.10. The fourth-order valence-corrected chi connectivity index (χ4v) is 9.04. The molecule has 0 aliphatic carbocycles. The zero-order valence-electron chi connectivity index (χ0n) is 28.1. The molecule has 6 rings (SSSR count). The van der Waals surface area contributed by atoms with Crippen LogP contribution in [0.2, 0.25) is 0 Å². The van der Waals surface area contributed by atoms with Crippen molar-refractivity contribution in [2.75, 3.05) is 30.4 Å². The van der Waals surface area contributed by atoms with Gasteiger partial charge < -0.3 is 21.1 Å². The lowest BCUT2D eigenvalue weighted by Crippen LogP contribution is -2.41. The number of carboxylic acids is 1. The second kappa shape index (κ2) is 16.9. The van der Waals surface area contributed by atoms with Crippen LogP contribution in [0.5, 0.6) is 0 Å². The molecule has 1 saturated heterocycles. The second-order valence-electron chi connectivity index (χ2n) is 12.4. The molecule has 5 aromatic rings. The first kappa shape index (κ1) is 35.3. The fraction of sp³-hybridized carbons (Fsp3) is 0.238. The van der Waals surface area contributed by atoms with E-state index in [2.05, 4.69) is 107 Å². The van der Waals surface area contributed by atoms with Crippen LogP contribution >= 0.6 is 23.5 Å². The van der Waals surface area contributed by atoms with Crippen LogP contribution in [0.1, 0.15) is 39.9 Å². The van der Waals surface area contributed by atoms with Gasteiger partial charge in [-0.2, -0.15) is 11.8 Å². The van der Waals surface area contributed by atoms with Gasteiger partial charge in [-0.15, -0.1) is 11.8 Å². The normalized spacial score (nSPS) is 16.4. The van der Waals surface area contributed by atoms with Gasteiger partial charge in [-0.25, -0.2) is 4.79 Å². The Morgan fingerprint density at radius 1 is 0.820 bits per heavy atom. The van der Waals surface area contributed by atoms with Crippen molar-refractivity contribution >= 4 is 41.1 Å². The average Bonchev–Trinajstić information content (AvgIpc) is 3.62. The highest BCUT2D eigenvalue weighted by Gasteiger charge is 2.42. The maximum atomic E-state index is 13.7. The Hall–Kier alpha value is -4.50. The number of carboxylic acid groups (broad SMARTS) is 1. The van der Waals surface area contributed by atoms with E-state index in [-0.39, 0.29) is 11.3 Å². The van der Waals surface area contributed by atoms with Gasteiger partial charge in [0.1, 0.15) is 6.04 Å². The van der Waals surface area contributed by atoms with E-state index in [0.717, 1.165) is 29.8 Å². The molecule has 1 heterocycles. The van der Waals surface area contributed by atoms with Gasteiger partial charge >= 0.3 is 5.97 Å². The highest BCUT2D eigenvalue weighted by molar-refractivity contribution is 8.01. The predicted molar refractivity (Wildman–Crippen MR) is 209 cm³/mol. The summed E-state index contributed by atoms with van der Waals surface area (Å²) in [5, 5.41) is 20.3. The lowest BCUT2D eigenvalue weighted by atomic mass is 9.84. The Bertz CT molecular complexity index is 1750. The summed E-state index contributed by atoms with van der Waals surface area (Å²) in [5.41, 5.74) is 6.63. The Morgan fingerprint density at radius 3 is 1.92 bits per heavy atom. The van der Waals surface area contributed by atoms with Crippen molar-refractivity contribution in [3.05, 3.63) is 162 Å². The number of rotatable bonds is 15. The number of benzene rings is 5. The molecule has 0 aromatic heterocycles. The lowest BCUT2D eigenvalue weighted by molar-refractivity contribution is -0.139. The first-order valence-corrected chi connectivity index (χ1v) is 19.3. The molecule has 0 saturated carbocycles. The topological polar surface area (TPSA) is 90.5 Å². The smallest absolute Gasteiger partial charge is 0.326 e. The third-order valence-electron chi connectivity index (χ3n) is 9.24. The van der Waals surface area contributed by atoms with Crippen LogP contribution in [0.3, 0.4) is 0 Å². The van der Waals surface area contributed by atoms with Crippen molar-refractivity contribution < 1.29 is 14.7 Å². The highest BCUT2D eigenvalue weighted by atomic mass is 32.2. The number of amides is 1. The third-order valence-corrected chi connectivity index (χ3v) is 11.8. The van der Waals surface area contributed by atoms with Crippen LogP contribution < -0.4 is 16.0 Å². The summed E-state index contributed by atoms with van der Waals surface area (Å²) in [6.45, 7) is 1.56. The number of carbonyl (C=O) groups is 2. The van der Waals surface area contributed by atoms with Crippen LogP contribution in [0.4, 0.5) is 5.69 Å². The molecule has 1 amide bonds. The molecule has 3 atom stereocenters. The molecular formula is C42H43N3O3S2. The van der Waals surface area contributed by atoms with Crippen molar-refractivity contribution in [2.24, 2.45) is 0 Å². The van der Waals surface area contributed by atoms with Gasteiger partial charge in [-0.3, -0.25) is 4.79 Å². The van der Waals surface area contributed by atoms with E-state index in [4.69, 9.17) is 0 Å². The molecule has 6 nitrogen and oxygen atoms in total. The van der Waals surface area contributed by atoms with E-state index in [1.165, 1.54) is 16.7 Å². The maximum Gasteiger partial charge on any atom is 0.326 e. The Balaban J connectivity index is 1.28.